The Morgan fingerprint density at radius 2 is 1.62 bits per heavy atom. The van der Waals surface area contributed by atoms with E-state index >= 15 is 0 Å². The van der Waals surface area contributed by atoms with Gasteiger partial charge in [-0.05, 0) is 32.6 Å². The molecule has 0 saturated carbocycles. The quantitative estimate of drug-likeness (QED) is 0.614. The van der Waals surface area contributed by atoms with Crippen LogP contribution in [0.15, 0.2) is 0 Å². The minimum absolute atomic E-state index is 0.352. The molecule has 0 N–H and O–H groups in total. The lowest BCUT2D eigenvalue weighted by Crippen LogP contribution is -2.45. The van der Waals surface area contributed by atoms with Crippen LogP contribution in [0.1, 0.15) is 73.1 Å². The molecule has 1 atom stereocenters. The molecular weight excluding hydrogens is 198 g/mol. The highest BCUT2D eigenvalue weighted by atomic mass is 16.2. The van der Waals surface area contributed by atoms with Gasteiger partial charge in [0.1, 0.15) is 0 Å². The summed E-state index contributed by atoms with van der Waals surface area (Å²) in [6.07, 6.45) is 6.03. The fourth-order valence-corrected chi connectivity index (χ4v) is 2.15. The van der Waals surface area contributed by atoms with Crippen LogP contribution < -0.4 is 0 Å². The summed E-state index contributed by atoms with van der Waals surface area (Å²) in [4.78, 5) is 14.3. The van der Waals surface area contributed by atoms with Gasteiger partial charge in [-0.25, -0.2) is 0 Å². The second kappa shape index (κ2) is 8.60. The van der Waals surface area contributed by atoms with E-state index in [2.05, 4.69) is 39.5 Å². The Labute approximate surface area is 101 Å². The Morgan fingerprint density at radius 3 is 2.00 bits per heavy atom. The zero-order valence-electron chi connectivity index (χ0n) is 11.8. The average Bonchev–Trinajstić information content (AvgIpc) is 2.31. The van der Waals surface area contributed by atoms with Crippen molar-refractivity contribution in [1.82, 2.24) is 4.90 Å². The predicted octanol–water partition coefficient (Wildman–Crippen LogP) is 3.99. The third kappa shape index (κ3) is 4.54. The van der Waals surface area contributed by atoms with Crippen molar-refractivity contribution in [2.45, 2.75) is 85.2 Å². The van der Waals surface area contributed by atoms with Crippen LogP contribution in [0.25, 0.3) is 0 Å². The number of nitrogens with zero attached hydrogens (tertiary/aromatic N) is 1. The van der Waals surface area contributed by atoms with Crippen molar-refractivity contribution in [2.24, 2.45) is 0 Å². The summed E-state index contributed by atoms with van der Waals surface area (Å²) in [6, 6.07) is 0.813. The SMILES string of the molecule is CCCCC(=O)N(C(C)CC)C(CC)CC. The molecule has 0 spiro atoms. The molecular formula is C14H29NO. The van der Waals surface area contributed by atoms with Crippen LogP contribution in [0.5, 0.6) is 0 Å². The van der Waals surface area contributed by atoms with Crippen molar-refractivity contribution >= 4 is 5.91 Å². The van der Waals surface area contributed by atoms with Crippen molar-refractivity contribution in [2.75, 3.05) is 0 Å². The van der Waals surface area contributed by atoms with Crippen LogP contribution in [0.2, 0.25) is 0 Å². The van der Waals surface area contributed by atoms with Gasteiger partial charge in [0.15, 0.2) is 0 Å². The summed E-state index contributed by atoms with van der Waals surface area (Å²) < 4.78 is 0. The van der Waals surface area contributed by atoms with Crippen molar-refractivity contribution in [3.63, 3.8) is 0 Å². The van der Waals surface area contributed by atoms with Crippen molar-refractivity contribution in [3.8, 4) is 0 Å². The monoisotopic (exact) mass is 227 g/mol. The van der Waals surface area contributed by atoms with Gasteiger partial charge in [-0.3, -0.25) is 4.79 Å². The fourth-order valence-electron chi connectivity index (χ4n) is 2.15. The number of carbonyl (C=O) groups is 1. The van der Waals surface area contributed by atoms with Gasteiger partial charge in [0.2, 0.25) is 5.91 Å². The molecule has 0 radical (unpaired) electrons. The van der Waals surface area contributed by atoms with E-state index in [0.29, 0.717) is 18.0 Å². The van der Waals surface area contributed by atoms with Gasteiger partial charge in [-0.1, -0.05) is 34.1 Å². The topological polar surface area (TPSA) is 20.3 Å². The maximum Gasteiger partial charge on any atom is 0.223 e. The first kappa shape index (κ1) is 15.5. The van der Waals surface area contributed by atoms with E-state index in [1.165, 1.54) is 0 Å². The van der Waals surface area contributed by atoms with Gasteiger partial charge in [-0.2, -0.15) is 0 Å². The molecule has 0 aliphatic heterocycles. The molecule has 16 heavy (non-hydrogen) atoms. The largest absolute Gasteiger partial charge is 0.337 e. The molecule has 0 heterocycles. The minimum atomic E-state index is 0.352. The number of hydrogen-bond acceptors (Lipinski definition) is 1. The highest BCUT2D eigenvalue weighted by Crippen LogP contribution is 2.17. The fraction of sp³-hybridized carbons (Fsp3) is 0.929. The summed E-state index contributed by atoms with van der Waals surface area (Å²) in [6.45, 7) is 10.8. The highest BCUT2D eigenvalue weighted by Gasteiger charge is 2.24. The van der Waals surface area contributed by atoms with Gasteiger partial charge >= 0.3 is 0 Å². The van der Waals surface area contributed by atoms with Crippen molar-refractivity contribution < 1.29 is 4.79 Å². The van der Waals surface area contributed by atoms with Crippen LogP contribution in [0.3, 0.4) is 0 Å². The predicted molar refractivity (Wildman–Crippen MR) is 70.5 cm³/mol. The number of rotatable bonds is 8. The molecule has 2 nitrogen and oxygen atoms in total. The molecule has 2 heteroatoms. The van der Waals surface area contributed by atoms with Gasteiger partial charge in [-0.15, -0.1) is 0 Å². The zero-order valence-corrected chi connectivity index (χ0v) is 11.8. The molecule has 96 valence electrons. The molecule has 0 aliphatic carbocycles. The van der Waals surface area contributed by atoms with E-state index in [1.807, 2.05) is 0 Å². The van der Waals surface area contributed by atoms with Crippen molar-refractivity contribution in [1.29, 1.82) is 0 Å². The van der Waals surface area contributed by atoms with Crippen LogP contribution in [0, 0.1) is 0 Å². The van der Waals surface area contributed by atoms with E-state index < -0.39 is 0 Å². The van der Waals surface area contributed by atoms with E-state index in [0.717, 1.165) is 38.5 Å². The third-order valence-corrected chi connectivity index (χ3v) is 3.43. The number of unbranched alkanes of at least 4 members (excludes halogenated alkanes) is 1. The second-order valence-corrected chi connectivity index (χ2v) is 4.63. The lowest BCUT2D eigenvalue weighted by atomic mass is 10.0. The summed E-state index contributed by atoms with van der Waals surface area (Å²) in [5, 5.41) is 0. The molecule has 0 aromatic carbocycles. The summed E-state index contributed by atoms with van der Waals surface area (Å²) >= 11 is 0. The van der Waals surface area contributed by atoms with Crippen LogP contribution >= 0.6 is 0 Å². The molecule has 0 saturated heterocycles. The Morgan fingerprint density at radius 1 is 1.06 bits per heavy atom. The Bertz CT molecular complexity index is 187. The molecule has 1 amide bonds. The van der Waals surface area contributed by atoms with Crippen LogP contribution in [-0.4, -0.2) is 22.9 Å². The van der Waals surface area contributed by atoms with E-state index in [9.17, 15) is 4.79 Å². The Kier molecular flexibility index (Phi) is 8.32. The second-order valence-electron chi connectivity index (χ2n) is 4.63. The first-order chi connectivity index (χ1) is 7.62. The molecule has 0 aromatic rings. The number of carbonyl (C=O) groups excluding carboxylic acids is 1. The average molecular weight is 227 g/mol. The number of hydrogen-bond donors (Lipinski definition) is 0. The normalized spacial score (nSPS) is 12.9. The lowest BCUT2D eigenvalue weighted by molar-refractivity contribution is -0.136. The first-order valence-electron chi connectivity index (χ1n) is 6.93. The molecule has 1 unspecified atom stereocenters. The van der Waals surface area contributed by atoms with E-state index in [-0.39, 0.29) is 0 Å². The standard InChI is InChI=1S/C14H29NO/c1-6-10-11-14(16)15(12(5)7-2)13(8-3)9-4/h12-13H,6-11H2,1-5H3. The molecule has 0 bridgehead atoms. The van der Waals surface area contributed by atoms with Crippen LogP contribution in [-0.2, 0) is 4.79 Å². The molecule has 0 fully saturated rings. The third-order valence-electron chi connectivity index (χ3n) is 3.43. The zero-order chi connectivity index (χ0) is 12.6. The van der Waals surface area contributed by atoms with E-state index in [4.69, 9.17) is 0 Å². The van der Waals surface area contributed by atoms with Gasteiger partial charge in [0, 0.05) is 18.5 Å². The molecule has 0 rings (SSSR count). The maximum atomic E-state index is 12.2. The molecule has 0 aromatic heterocycles. The Balaban J connectivity index is 4.57. The smallest absolute Gasteiger partial charge is 0.223 e. The molecule has 0 aliphatic rings. The summed E-state index contributed by atoms with van der Waals surface area (Å²) in [5.74, 6) is 0.352. The van der Waals surface area contributed by atoms with Gasteiger partial charge in [0.05, 0.1) is 0 Å². The Hall–Kier alpha value is -0.530. The lowest BCUT2D eigenvalue weighted by Gasteiger charge is -2.35. The van der Waals surface area contributed by atoms with E-state index in [1.54, 1.807) is 0 Å². The summed E-state index contributed by atoms with van der Waals surface area (Å²) in [5.41, 5.74) is 0. The summed E-state index contributed by atoms with van der Waals surface area (Å²) in [7, 11) is 0. The van der Waals surface area contributed by atoms with Gasteiger partial charge in [0.25, 0.3) is 0 Å². The minimum Gasteiger partial charge on any atom is -0.337 e. The van der Waals surface area contributed by atoms with Crippen molar-refractivity contribution in [3.05, 3.63) is 0 Å². The highest BCUT2D eigenvalue weighted by molar-refractivity contribution is 5.76. The number of amides is 1. The maximum absolute atomic E-state index is 12.2. The van der Waals surface area contributed by atoms with Crippen LogP contribution in [0.4, 0.5) is 0 Å². The van der Waals surface area contributed by atoms with Gasteiger partial charge < -0.3 is 4.90 Å². The first-order valence-corrected chi connectivity index (χ1v) is 6.93.